The summed E-state index contributed by atoms with van der Waals surface area (Å²) in [5.74, 6) is -1.02. The Balaban J connectivity index is 1.79. The Morgan fingerprint density at radius 2 is 2.06 bits per heavy atom. The molecule has 1 aliphatic carbocycles. The highest BCUT2D eigenvalue weighted by Gasteiger charge is 2.37. The number of carboxylic acids is 1. The standard InChI is InChI=1S/C13H16N2O3/c16-11(4-1-9-5-7-14-8-6-9)15-12(13(17)18)10-2-3-10/h5-8,10,12H,1-4H2,(H,15,16)(H,17,18). The van der Waals surface area contributed by atoms with Gasteiger partial charge in [-0.1, -0.05) is 0 Å². The number of pyridine rings is 1. The third-order valence-electron chi connectivity index (χ3n) is 3.07. The van der Waals surface area contributed by atoms with Gasteiger partial charge in [-0.25, -0.2) is 4.79 Å². The lowest BCUT2D eigenvalue weighted by atomic mass is 10.1. The van der Waals surface area contributed by atoms with E-state index in [0.29, 0.717) is 12.8 Å². The average Bonchev–Trinajstić information content (AvgIpc) is 3.18. The van der Waals surface area contributed by atoms with Crippen molar-refractivity contribution < 1.29 is 14.7 Å². The van der Waals surface area contributed by atoms with Crippen molar-refractivity contribution in [2.45, 2.75) is 31.7 Å². The molecule has 1 aromatic heterocycles. The number of carbonyl (C=O) groups excluding carboxylic acids is 1. The molecule has 0 aliphatic heterocycles. The first-order valence-electron chi connectivity index (χ1n) is 6.08. The maximum absolute atomic E-state index is 11.7. The van der Waals surface area contributed by atoms with Crippen molar-refractivity contribution in [3.05, 3.63) is 30.1 Å². The van der Waals surface area contributed by atoms with Gasteiger partial charge in [-0.2, -0.15) is 0 Å². The Bertz CT molecular complexity index is 429. The number of aryl methyl sites for hydroxylation is 1. The minimum Gasteiger partial charge on any atom is -0.480 e. The molecule has 1 aromatic rings. The first-order chi connectivity index (χ1) is 8.66. The highest BCUT2D eigenvalue weighted by atomic mass is 16.4. The first-order valence-corrected chi connectivity index (χ1v) is 6.08. The molecule has 0 aromatic carbocycles. The van der Waals surface area contributed by atoms with E-state index in [0.717, 1.165) is 18.4 Å². The Hall–Kier alpha value is -1.91. The van der Waals surface area contributed by atoms with E-state index in [1.807, 2.05) is 12.1 Å². The number of hydrogen-bond acceptors (Lipinski definition) is 3. The molecule has 0 bridgehead atoms. The fourth-order valence-electron chi connectivity index (χ4n) is 1.86. The van der Waals surface area contributed by atoms with Crippen LogP contribution in [0.2, 0.25) is 0 Å². The monoisotopic (exact) mass is 248 g/mol. The van der Waals surface area contributed by atoms with Gasteiger partial charge >= 0.3 is 5.97 Å². The van der Waals surface area contributed by atoms with E-state index < -0.39 is 12.0 Å². The van der Waals surface area contributed by atoms with E-state index in [1.54, 1.807) is 12.4 Å². The SMILES string of the molecule is O=C(CCc1ccncc1)NC(C(=O)O)C1CC1. The molecule has 1 heterocycles. The molecule has 5 nitrogen and oxygen atoms in total. The van der Waals surface area contributed by atoms with Crippen molar-refractivity contribution in [2.75, 3.05) is 0 Å². The van der Waals surface area contributed by atoms with Crippen LogP contribution in [0.4, 0.5) is 0 Å². The van der Waals surface area contributed by atoms with Gasteiger partial charge in [-0.15, -0.1) is 0 Å². The largest absolute Gasteiger partial charge is 0.480 e. The average molecular weight is 248 g/mol. The number of amides is 1. The predicted octanol–water partition coefficient (Wildman–Crippen LogP) is 0.994. The van der Waals surface area contributed by atoms with Crippen molar-refractivity contribution in [3.63, 3.8) is 0 Å². The van der Waals surface area contributed by atoms with Gasteiger partial charge < -0.3 is 10.4 Å². The first kappa shape index (κ1) is 12.5. The molecule has 2 N–H and O–H groups in total. The third-order valence-corrected chi connectivity index (χ3v) is 3.07. The molecular weight excluding hydrogens is 232 g/mol. The topological polar surface area (TPSA) is 79.3 Å². The second kappa shape index (κ2) is 5.62. The Kier molecular flexibility index (Phi) is 3.92. The van der Waals surface area contributed by atoms with Crippen LogP contribution in [0.15, 0.2) is 24.5 Å². The summed E-state index contributed by atoms with van der Waals surface area (Å²) in [5, 5.41) is 11.6. The van der Waals surface area contributed by atoms with E-state index in [9.17, 15) is 9.59 Å². The van der Waals surface area contributed by atoms with Gasteiger partial charge in [0.15, 0.2) is 0 Å². The third kappa shape index (κ3) is 3.55. The normalized spacial score (nSPS) is 16.0. The summed E-state index contributed by atoms with van der Waals surface area (Å²) in [4.78, 5) is 26.5. The summed E-state index contributed by atoms with van der Waals surface area (Å²) in [6.07, 6.45) is 6.05. The second-order valence-corrected chi connectivity index (χ2v) is 4.58. The predicted molar refractivity (Wildman–Crippen MR) is 64.8 cm³/mol. The van der Waals surface area contributed by atoms with Crippen LogP contribution in [0.5, 0.6) is 0 Å². The fraction of sp³-hybridized carbons (Fsp3) is 0.462. The van der Waals surface area contributed by atoms with Crippen LogP contribution in [-0.4, -0.2) is 28.0 Å². The van der Waals surface area contributed by atoms with Gasteiger partial charge in [0.05, 0.1) is 0 Å². The number of carbonyl (C=O) groups is 2. The Morgan fingerprint density at radius 1 is 1.39 bits per heavy atom. The van der Waals surface area contributed by atoms with Crippen molar-refractivity contribution >= 4 is 11.9 Å². The molecule has 2 rings (SSSR count). The number of rotatable bonds is 6. The minimum atomic E-state index is -0.935. The minimum absolute atomic E-state index is 0.118. The van der Waals surface area contributed by atoms with Crippen LogP contribution in [0, 0.1) is 5.92 Å². The summed E-state index contributed by atoms with van der Waals surface area (Å²) in [6.45, 7) is 0. The van der Waals surface area contributed by atoms with E-state index in [4.69, 9.17) is 5.11 Å². The lowest BCUT2D eigenvalue weighted by Gasteiger charge is -2.13. The molecule has 1 unspecified atom stereocenters. The zero-order valence-electron chi connectivity index (χ0n) is 10.0. The summed E-state index contributed by atoms with van der Waals surface area (Å²) >= 11 is 0. The quantitative estimate of drug-likeness (QED) is 0.787. The number of nitrogens with one attached hydrogen (secondary N) is 1. The van der Waals surface area contributed by atoms with Crippen LogP contribution in [-0.2, 0) is 16.0 Å². The van der Waals surface area contributed by atoms with Gasteiger partial charge in [0.1, 0.15) is 6.04 Å². The van der Waals surface area contributed by atoms with Crippen LogP contribution in [0.1, 0.15) is 24.8 Å². The number of aromatic nitrogens is 1. The zero-order chi connectivity index (χ0) is 13.0. The molecule has 5 heteroatoms. The van der Waals surface area contributed by atoms with Gasteiger partial charge in [0, 0.05) is 18.8 Å². The molecule has 96 valence electrons. The second-order valence-electron chi connectivity index (χ2n) is 4.58. The van der Waals surface area contributed by atoms with E-state index in [1.165, 1.54) is 0 Å². The fourth-order valence-corrected chi connectivity index (χ4v) is 1.86. The molecule has 1 aliphatic rings. The van der Waals surface area contributed by atoms with Crippen molar-refractivity contribution in [2.24, 2.45) is 5.92 Å². The number of carboxylic acid groups (broad SMARTS) is 1. The highest BCUT2D eigenvalue weighted by Crippen LogP contribution is 2.32. The maximum atomic E-state index is 11.7. The zero-order valence-corrected chi connectivity index (χ0v) is 10.0. The molecule has 18 heavy (non-hydrogen) atoms. The van der Waals surface area contributed by atoms with Crippen molar-refractivity contribution in [1.82, 2.24) is 10.3 Å². The molecule has 0 radical (unpaired) electrons. The summed E-state index contributed by atoms with van der Waals surface area (Å²) in [6, 6.07) is 2.99. The van der Waals surface area contributed by atoms with Gasteiger partial charge in [-0.05, 0) is 42.9 Å². The lowest BCUT2D eigenvalue weighted by Crippen LogP contribution is -2.42. The molecule has 0 saturated heterocycles. The molecule has 1 fully saturated rings. The number of nitrogens with zero attached hydrogens (tertiary/aromatic N) is 1. The number of aliphatic carboxylic acids is 1. The smallest absolute Gasteiger partial charge is 0.326 e. The van der Waals surface area contributed by atoms with Crippen molar-refractivity contribution in [1.29, 1.82) is 0 Å². The number of hydrogen-bond donors (Lipinski definition) is 2. The van der Waals surface area contributed by atoms with Gasteiger partial charge in [-0.3, -0.25) is 9.78 Å². The molecular formula is C13H16N2O3. The van der Waals surface area contributed by atoms with Crippen LogP contribution in [0.3, 0.4) is 0 Å². The summed E-state index contributed by atoms with van der Waals surface area (Å²) < 4.78 is 0. The van der Waals surface area contributed by atoms with Crippen LogP contribution >= 0.6 is 0 Å². The van der Waals surface area contributed by atoms with Gasteiger partial charge in [0.2, 0.25) is 5.91 Å². The Morgan fingerprint density at radius 3 is 2.61 bits per heavy atom. The van der Waals surface area contributed by atoms with Crippen LogP contribution < -0.4 is 5.32 Å². The van der Waals surface area contributed by atoms with Gasteiger partial charge in [0.25, 0.3) is 0 Å². The maximum Gasteiger partial charge on any atom is 0.326 e. The summed E-state index contributed by atoms with van der Waals surface area (Å²) in [7, 11) is 0. The molecule has 1 amide bonds. The Labute approximate surface area is 105 Å². The molecule has 1 saturated carbocycles. The van der Waals surface area contributed by atoms with Crippen LogP contribution in [0.25, 0.3) is 0 Å². The van der Waals surface area contributed by atoms with Crippen molar-refractivity contribution in [3.8, 4) is 0 Å². The molecule has 1 atom stereocenters. The summed E-state index contributed by atoms with van der Waals surface area (Å²) in [5.41, 5.74) is 1.03. The van der Waals surface area contributed by atoms with E-state index >= 15 is 0 Å². The lowest BCUT2D eigenvalue weighted by molar-refractivity contribution is -0.142. The van der Waals surface area contributed by atoms with E-state index in [2.05, 4.69) is 10.3 Å². The van der Waals surface area contributed by atoms with E-state index in [-0.39, 0.29) is 11.8 Å². The highest BCUT2D eigenvalue weighted by molar-refractivity contribution is 5.84. The molecule has 0 spiro atoms.